The lowest BCUT2D eigenvalue weighted by Crippen LogP contribution is -2.52. The molecular formula is C25H28N2O2. The molecule has 2 aromatic carbocycles. The summed E-state index contributed by atoms with van der Waals surface area (Å²) in [7, 11) is 0. The predicted molar refractivity (Wildman–Crippen MR) is 114 cm³/mol. The Morgan fingerprint density at radius 3 is 2.66 bits per heavy atom. The lowest BCUT2D eigenvalue weighted by atomic mass is 9.75. The third kappa shape index (κ3) is 3.16. The van der Waals surface area contributed by atoms with Crippen molar-refractivity contribution < 1.29 is 9.90 Å². The van der Waals surface area contributed by atoms with E-state index in [2.05, 4.69) is 29.2 Å². The largest absolute Gasteiger partial charge is 0.370 e. The molecule has 150 valence electrons. The van der Waals surface area contributed by atoms with Crippen LogP contribution in [-0.2, 0) is 17.6 Å². The van der Waals surface area contributed by atoms with Crippen molar-refractivity contribution >= 4 is 16.8 Å². The highest BCUT2D eigenvalue weighted by molar-refractivity contribution is 5.84. The van der Waals surface area contributed by atoms with Crippen LogP contribution >= 0.6 is 0 Å². The average Bonchev–Trinajstić information content (AvgIpc) is 3.25. The van der Waals surface area contributed by atoms with Gasteiger partial charge in [0.05, 0.1) is 0 Å². The number of aliphatic hydroxyl groups is 1. The quantitative estimate of drug-likeness (QED) is 0.685. The fourth-order valence-corrected chi connectivity index (χ4v) is 5.57. The number of hydrogen-bond acceptors (Lipinski definition) is 2. The van der Waals surface area contributed by atoms with Gasteiger partial charge in [0.25, 0.3) is 0 Å². The fraction of sp³-hybridized carbons (Fsp3) is 0.400. The molecule has 5 rings (SSSR count). The maximum Gasteiger partial charge on any atom is 0.228 e. The zero-order valence-electron chi connectivity index (χ0n) is 16.7. The molecule has 4 heteroatoms. The minimum Gasteiger partial charge on any atom is -0.370 e. The first-order valence-corrected chi connectivity index (χ1v) is 10.8. The highest BCUT2D eigenvalue weighted by atomic mass is 16.3. The molecule has 1 aromatic heterocycles. The molecule has 1 aliphatic heterocycles. The number of amides is 1. The number of fused-ring (bicyclic) bond motifs is 2. The summed E-state index contributed by atoms with van der Waals surface area (Å²) in [6.45, 7) is 0.553. The van der Waals surface area contributed by atoms with E-state index in [1.807, 2.05) is 41.4 Å². The van der Waals surface area contributed by atoms with E-state index in [4.69, 9.17) is 0 Å². The van der Waals surface area contributed by atoms with Crippen molar-refractivity contribution in [3.05, 3.63) is 71.9 Å². The summed E-state index contributed by atoms with van der Waals surface area (Å²) in [4.78, 5) is 18.5. The lowest BCUT2D eigenvalue weighted by molar-refractivity contribution is -0.150. The highest BCUT2D eigenvalue weighted by Crippen LogP contribution is 2.47. The SMILES string of the molecule is O=C1[C@@H]2CCCC[C@@H]2C(O)(Cc2ccccc2)N1CCc1c[nH]c2ccccc12. The topological polar surface area (TPSA) is 56.3 Å². The van der Waals surface area contributed by atoms with Gasteiger partial charge in [-0.1, -0.05) is 61.4 Å². The molecule has 2 aliphatic rings. The predicted octanol–water partition coefficient (Wildman–Crippen LogP) is 4.29. The van der Waals surface area contributed by atoms with Crippen LogP contribution in [-0.4, -0.2) is 33.2 Å². The first kappa shape index (κ1) is 18.4. The Morgan fingerprint density at radius 1 is 1.03 bits per heavy atom. The van der Waals surface area contributed by atoms with Gasteiger partial charge in [-0.15, -0.1) is 0 Å². The van der Waals surface area contributed by atoms with Crippen LogP contribution in [0.3, 0.4) is 0 Å². The second-order valence-corrected chi connectivity index (χ2v) is 8.64. The lowest BCUT2D eigenvalue weighted by Gasteiger charge is -2.39. The molecule has 1 unspecified atom stereocenters. The molecule has 0 bridgehead atoms. The van der Waals surface area contributed by atoms with Gasteiger partial charge in [0, 0.05) is 41.9 Å². The molecule has 2 heterocycles. The number of para-hydroxylation sites is 1. The van der Waals surface area contributed by atoms with Crippen LogP contribution in [0.15, 0.2) is 60.8 Å². The molecule has 2 fully saturated rings. The summed E-state index contributed by atoms with van der Waals surface area (Å²) in [5.41, 5.74) is 2.32. The summed E-state index contributed by atoms with van der Waals surface area (Å²) in [5, 5.41) is 13.1. The van der Waals surface area contributed by atoms with Crippen molar-refractivity contribution in [2.24, 2.45) is 11.8 Å². The third-order valence-electron chi connectivity index (χ3n) is 7.00. The minimum absolute atomic E-state index is 0.0274. The van der Waals surface area contributed by atoms with Crippen molar-refractivity contribution in [2.45, 2.75) is 44.2 Å². The van der Waals surface area contributed by atoms with Gasteiger partial charge >= 0.3 is 0 Å². The van der Waals surface area contributed by atoms with Crippen molar-refractivity contribution in [1.29, 1.82) is 0 Å². The van der Waals surface area contributed by atoms with E-state index in [9.17, 15) is 9.90 Å². The number of rotatable bonds is 5. The van der Waals surface area contributed by atoms with E-state index < -0.39 is 5.72 Å². The Morgan fingerprint density at radius 2 is 1.79 bits per heavy atom. The van der Waals surface area contributed by atoms with Crippen molar-refractivity contribution in [3.8, 4) is 0 Å². The van der Waals surface area contributed by atoms with Gasteiger partial charge in [-0.2, -0.15) is 0 Å². The van der Waals surface area contributed by atoms with Gasteiger partial charge in [-0.25, -0.2) is 0 Å². The number of nitrogens with one attached hydrogen (secondary N) is 1. The number of H-pyrrole nitrogens is 1. The molecule has 0 radical (unpaired) electrons. The van der Waals surface area contributed by atoms with Gasteiger partial charge in [0.1, 0.15) is 5.72 Å². The summed E-state index contributed by atoms with van der Waals surface area (Å²) >= 11 is 0. The second-order valence-electron chi connectivity index (χ2n) is 8.64. The van der Waals surface area contributed by atoms with Crippen LogP contribution < -0.4 is 0 Å². The number of likely N-dealkylation sites (tertiary alicyclic amines) is 1. The number of aromatic nitrogens is 1. The molecule has 1 aliphatic carbocycles. The van der Waals surface area contributed by atoms with Gasteiger partial charge < -0.3 is 15.0 Å². The minimum atomic E-state index is -1.09. The number of hydrogen-bond donors (Lipinski definition) is 2. The molecule has 29 heavy (non-hydrogen) atoms. The molecule has 1 saturated carbocycles. The van der Waals surface area contributed by atoms with Crippen molar-refractivity contribution in [3.63, 3.8) is 0 Å². The zero-order chi connectivity index (χ0) is 19.8. The Labute approximate surface area is 171 Å². The van der Waals surface area contributed by atoms with Crippen molar-refractivity contribution in [1.82, 2.24) is 9.88 Å². The third-order valence-corrected chi connectivity index (χ3v) is 7.00. The normalized spacial score (nSPS) is 26.8. The van der Waals surface area contributed by atoms with Gasteiger partial charge in [0.2, 0.25) is 5.91 Å². The summed E-state index contributed by atoms with van der Waals surface area (Å²) < 4.78 is 0. The van der Waals surface area contributed by atoms with Gasteiger partial charge in [-0.05, 0) is 36.5 Å². The van der Waals surface area contributed by atoms with Crippen LogP contribution in [0.1, 0.15) is 36.8 Å². The van der Waals surface area contributed by atoms with Crippen LogP contribution in [0.5, 0.6) is 0 Å². The molecular weight excluding hydrogens is 360 g/mol. The second kappa shape index (κ2) is 7.34. The van der Waals surface area contributed by atoms with Crippen LogP contribution in [0, 0.1) is 11.8 Å². The van der Waals surface area contributed by atoms with Gasteiger partial charge in [-0.3, -0.25) is 4.79 Å². The number of nitrogens with zero attached hydrogens (tertiary/aromatic N) is 1. The Bertz CT molecular complexity index is 1010. The molecule has 0 spiro atoms. The molecule has 1 saturated heterocycles. The monoisotopic (exact) mass is 388 g/mol. The summed E-state index contributed by atoms with van der Waals surface area (Å²) in [6, 6.07) is 18.4. The van der Waals surface area contributed by atoms with Crippen molar-refractivity contribution in [2.75, 3.05) is 6.54 Å². The maximum absolute atomic E-state index is 13.3. The highest BCUT2D eigenvalue weighted by Gasteiger charge is 2.57. The van der Waals surface area contributed by atoms with Gasteiger partial charge in [0.15, 0.2) is 0 Å². The molecule has 1 amide bonds. The smallest absolute Gasteiger partial charge is 0.228 e. The molecule has 4 nitrogen and oxygen atoms in total. The average molecular weight is 389 g/mol. The van der Waals surface area contributed by atoms with E-state index in [1.165, 1.54) is 10.9 Å². The Hall–Kier alpha value is -2.59. The molecule has 3 aromatic rings. The number of carbonyl (C=O) groups is 1. The van der Waals surface area contributed by atoms with Crippen LogP contribution in [0.25, 0.3) is 10.9 Å². The van der Waals surface area contributed by atoms with E-state index in [0.717, 1.165) is 43.2 Å². The Kier molecular flexibility index (Phi) is 4.67. The first-order valence-electron chi connectivity index (χ1n) is 10.8. The molecule has 2 N–H and O–H groups in total. The first-order chi connectivity index (χ1) is 14.2. The van der Waals surface area contributed by atoms with E-state index in [-0.39, 0.29) is 17.7 Å². The van der Waals surface area contributed by atoms with E-state index in [0.29, 0.717) is 13.0 Å². The standard InChI is InChI=1S/C25H28N2O2/c28-24-21-11-4-6-12-22(21)25(29,16-18-8-2-1-3-9-18)27(24)15-14-19-17-26-23-13-7-5-10-20(19)23/h1-3,5,7-10,13,17,21-22,26,29H,4,6,11-12,14-16H2/t21-,22+,25?/m1/s1. The van der Waals surface area contributed by atoms with E-state index >= 15 is 0 Å². The van der Waals surface area contributed by atoms with Crippen LogP contribution in [0.4, 0.5) is 0 Å². The summed E-state index contributed by atoms with van der Waals surface area (Å²) in [5.74, 6) is 0.153. The number of aromatic amines is 1. The molecule has 3 atom stereocenters. The zero-order valence-corrected chi connectivity index (χ0v) is 16.7. The van der Waals surface area contributed by atoms with Crippen LogP contribution in [0.2, 0.25) is 0 Å². The maximum atomic E-state index is 13.3. The summed E-state index contributed by atoms with van der Waals surface area (Å²) in [6.07, 6.45) is 7.31. The number of benzene rings is 2. The number of carbonyl (C=O) groups excluding carboxylic acids is 1. The van der Waals surface area contributed by atoms with E-state index in [1.54, 1.807) is 0 Å². The fourth-order valence-electron chi connectivity index (χ4n) is 5.57. The Balaban J connectivity index is 1.44.